The van der Waals surface area contributed by atoms with Crippen LogP contribution in [0.2, 0.25) is 0 Å². The van der Waals surface area contributed by atoms with Crippen molar-refractivity contribution in [3.05, 3.63) is 77.6 Å². The van der Waals surface area contributed by atoms with E-state index in [-0.39, 0.29) is 0 Å². The van der Waals surface area contributed by atoms with Crippen molar-refractivity contribution >= 4 is 11.8 Å². The lowest BCUT2D eigenvalue weighted by atomic mass is 10.2. The average Bonchev–Trinajstić information content (AvgIpc) is 2.91. The van der Waals surface area contributed by atoms with Gasteiger partial charge < -0.3 is 18.9 Å². The largest absolute Gasteiger partial charge is 0.493 e. The molecular formula is C27H31N3O6. The van der Waals surface area contributed by atoms with Crippen molar-refractivity contribution in [2.24, 2.45) is 0 Å². The van der Waals surface area contributed by atoms with E-state index >= 15 is 0 Å². The summed E-state index contributed by atoms with van der Waals surface area (Å²) in [6.45, 7) is 5.18. The monoisotopic (exact) mass is 493 g/mol. The van der Waals surface area contributed by atoms with Crippen LogP contribution in [0.1, 0.15) is 53.0 Å². The van der Waals surface area contributed by atoms with Gasteiger partial charge in [0.15, 0.2) is 23.0 Å². The van der Waals surface area contributed by atoms with Gasteiger partial charge in [-0.05, 0) is 55.8 Å². The third kappa shape index (κ3) is 7.36. The smallest absolute Gasteiger partial charge is 0.269 e. The lowest BCUT2D eigenvalue weighted by Crippen LogP contribution is -2.41. The summed E-state index contributed by atoms with van der Waals surface area (Å²) >= 11 is 0. The van der Waals surface area contributed by atoms with Crippen LogP contribution in [0.25, 0.3) is 0 Å². The number of pyridine rings is 1. The van der Waals surface area contributed by atoms with Gasteiger partial charge >= 0.3 is 0 Å². The third-order valence-electron chi connectivity index (χ3n) is 5.09. The Bertz CT molecular complexity index is 1150. The number of rotatable bonds is 12. The van der Waals surface area contributed by atoms with Crippen LogP contribution in [0.3, 0.4) is 0 Å². The summed E-state index contributed by atoms with van der Waals surface area (Å²) in [5.74, 6) is 0.908. The van der Waals surface area contributed by atoms with E-state index in [9.17, 15) is 9.59 Å². The van der Waals surface area contributed by atoms with E-state index in [0.29, 0.717) is 53.9 Å². The summed E-state index contributed by atoms with van der Waals surface area (Å²) < 4.78 is 22.5. The van der Waals surface area contributed by atoms with Gasteiger partial charge in [-0.1, -0.05) is 19.4 Å². The number of aromatic nitrogens is 1. The molecule has 3 rings (SSSR count). The molecule has 1 heterocycles. The van der Waals surface area contributed by atoms with Gasteiger partial charge in [0.1, 0.15) is 6.61 Å². The third-order valence-corrected chi connectivity index (χ3v) is 5.09. The molecule has 190 valence electrons. The maximum absolute atomic E-state index is 12.7. The van der Waals surface area contributed by atoms with Crippen molar-refractivity contribution in [1.82, 2.24) is 15.8 Å². The molecule has 1 aromatic heterocycles. The lowest BCUT2D eigenvalue weighted by molar-refractivity contribution is 0.0846. The Balaban J connectivity index is 1.62. The molecule has 9 nitrogen and oxygen atoms in total. The zero-order chi connectivity index (χ0) is 25.8. The van der Waals surface area contributed by atoms with Crippen molar-refractivity contribution in [2.45, 2.75) is 33.3 Å². The molecule has 0 spiro atoms. The molecule has 0 atom stereocenters. The van der Waals surface area contributed by atoms with E-state index in [1.165, 1.54) is 7.11 Å². The van der Waals surface area contributed by atoms with Gasteiger partial charge in [-0.15, -0.1) is 0 Å². The van der Waals surface area contributed by atoms with Crippen LogP contribution in [0.15, 0.2) is 60.9 Å². The molecule has 2 amide bonds. The quantitative estimate of drug-likeness (QED) is 0.286. The molecule has 0 unspecified atom stereocenters. The lowest BCUT2D eigenvalue weighted by Gasteiger charge is -2.14. The zero-order valence-corrected chi connectivity index (χ0v) is 20.7. The molecule has 0 saturated heterocycles. The van der Waals surface area contributed by atoms with Gasteiger partial charge in [-0.25, -0.2) is 0 Å². The minimum atomic E-state index is -0.505. The highest BCUT2D eigenvalue weighted by Gasteiger charge is 2.15. The molecule has 0 bridgehead atoms. The number of unbranched alkanes of at least 4 members (excludes halogenated alkanes) is 1. The molecule has 2 aromatic carbocycles. The van der Waals surface area contributed by atoms with E-state index in [0.717, 1.165) is 18.4 Å². The summed E-state index contributed by atoms with van der Waals surface area (Å²) in [6, 6.07) is 13.4. The van der Waals surface area contributed by atoms with E-state index in [2.05, 4.69) is 22.8 Å². The maximum atomic E-state index is 12.7. The number of carbonyl (C=O) groups is 2. The first-order valence-corrected chi connectivity index (χ1v) is 11.8. The molecule has 2 N–H and O–H groups in total. The van der Waals surface area contributed by atoms with Crippen molar-refractivity contribution in [3.63, 3.8) is 0 Å². The average molecular weight is 494 g/mol. The Morgan fingerprint density at radius 2 is 1.50 bits per heavy atom. The van der Waals surface area contributed by atoms with Crippen LogP contribution >= 0.6 is 0 Å². The Kier molecular flexibility index (Phi) is 9.93. The molecule has 0 radical (unpaired) electrons. The fourth-order valence-electron chi connectivity index (χ4n) is 3.19. The normalized spacial score (nSPS) is 10.3. The number of amides is 2. The van der Waals surface area contributed by atoms with Crippen LogP contribution in [-0.2, 0) is 6.61 Å². The van der Waals surface area contributed by atoms with Gasteiger partial charge in [-0.3, -0.25) is 25.4 Å². The number of carbonyl (C=O) groups excluding carboxylic acids is 2. The van der Waals surface area contributed by atoms with Crippen molar-refractivity contribution in [1.29, 1.82) is 0 Å². The fourth-order valence-corrected chi connectivity index (χ4v) is 3.19. The van der Waals surface area contributed by atoms with Gasteiger partial charge in [0.05, 0.1) is 20.3 Å². The predicted octanol–water partition coefficient (Wildman–Crippen LogP) is 4.32. The second-order valence-corrected chi connectivity index (χ2v) is 7.72. The second-order valence-electron chi connectivity index (χ2n) is 7.72. The van der Waals surface area contributed by atoms with Gasteiger partial charge in [-0.2, -0.15) is 0 Å². The fraction of sp³-hybridized carbons (Fsp3) is 0.296. The number of ether oxygens (including phenoxy) is 4. The van der Waals surface area contributed by atoms with Crippen molar-refractivity contribution in [2.75, 3.05) is 20.3 Å². The molecular weight excluding hydrogens is 462 g/mol. The zero-order valence-electron chi connectivity index (χ0n) is 20.7. The highest BCUT2D eigenvalue weighted by atomic mass is 16.5. The van der Waals surface area contributed by atoms with Crippen molar-refractivity contribution < 1.29 is 28.5 Å². The molecule has 9 heteroatoms. The second kappa shape index (κ2) is 13.6. The summed E-state index contributed by atoms with van der Waals surface area (Å²) in [4.78, 5) is 29.3. The van der Waals surface area contributed by atoms with Gasteiger partial charge in [0.25, 0.3) is 11.8 Å². The number of hydrogen-bond acceptors (Lipinski definition) is 7. The summed E-state index contributed by atoms with van der Waals surface area (Å²) in [7, 11) is 1.51. The Labute approximate surface area is 210 Å². The van der Waals surface area contributed by atoms with Gasteiger partial charge in [0, 0.05) is 29.1 Å². The summed E-state index contributed by atoms with van der Waals surface area (Å²) in [5.41, 5.74) is 6.35. The van der Waals surface area contributed by atoms with E-state index < -0.39 is 11.8 Å². The van der Waals surface area contributed by atoms with Crippen LogP contribution in [-0.4, -0.2) is 37.1 Å². The minimum absolute atomic E-state index is 0.296. The Hall–Kier alpha value is -4.27. The number of methoxy groups -OCH3 is 1. The number of hydrazine groups is 1. The van der Waals surface area contributed by atoms with Gasteiger partial charge in [0.2, 0.25) is 0 Å². The topological polar surface area (TPSA) is 108 Å². The SMILES string of the molecule is CCCCOc1ccc(C(=O)NNC(=O)c2ccc(OCc3cccnc3)c(OCC)c2)cc1OC. The molecule has 0 aliphatic carbocycles. The maximum Gasteiger partial charge on any atom is 0.269 e. The number of nitrogens with zero attached hydrogens (tertiary/aromatic N) is 1. The predicted molar refractivity (Wildman–Crippen MR) is 135 cm³/mol. The van der Waals surface area contributed by atoms with E-state index in [1.54, 1.807) is 48.8 Å². The summed E-state index contributed by atoms with van der Waals surface area (Å²) in [5, 5.41) is 0. The van der Waals surface area contributed by atoms with Crippen LogP contribution in [0.5, 0.6) is 23.0 Å². The Morgan fingerprint density at radius 1 is 0.833 bits per heavy atom. The molecule has 3 aromatic rings. The summed E-state index contributed by atoms with van der Waals surface area (Å²) in [6.07, 6.45) is 5.33. The van der Waals surface area contributed by atoms with Crippen LogP contribution in [0.4, 0.5) is 0 Å². The molecule has 36 heavy (non-hydrogen) atoms. The standard InChI is InChI=1S/C27H31N3O6/c1-4-6-14-35-22-11-9-20(15-24(22)33-3)26(31)29-30-27(32)21-10-12-23(25(16-21)34-5-2)36-18-19-8-7-13-28-17-19/h7-13,15-17H,4-6,14,18H2,1-3H3,(H,29,31)(H,30,32). The number of nitrogens with one attached hydrogen (secondary N) is 2. The highest BCUT2D eigenvalue weighted by molar-refractivity contribution is 5.99. The Morgan fingerprint density at radius 3 is 2.08 bits per heavy atom. The molecule has 0 saturated carbocycles. The first-order valence-electron chi connectivity index (χ1n) is 11.8. The number of benzene rings is 2. The van der Waals surface area contributed by atoms with Crippen molar-refractivity contribution in [3.8, 4) is 23.0 Å². The van der Waals surface area contributed by atoms with Crippen LogP contribution < -0.4 is 29.8 Å². The highest BCUT2D eigenvalue weighted by Crippen LogP contribution is 2.30. The number of hydrogen-bond donors (Lipinski definition) is 2. The molecule has 0 aliphatic heterocycles. The minimum Gasteiger partial charge on any atom is -0.493 e. The first-order chi connectivity index (χ1) is 17.5. The molecule has 0 aliphatic rings. The first kappa shape index (κ1) is 26.3. The van der Waals surface area contributed by atoms with Crippen LogP contribution in [0, 0.1) is 0 Å². The van der Waals surface area contributed by atoms with E-state index in [1.807, 2.05) is 19.1 Å². The van der Waals surface area contributed by atoms with E-state index in [4.69, 9.17) is 18.9 Å². The molecule has 0 fully saturated rings.